The number of imide groups is 1. The van der Waals surface area contributed by atoms with Gasteiger partial charge in [-0.2, -0.15) is 0 Å². The molecule has 6 nitrogen and oxygen atoms in total. The number of carbonyl (C=O) groups is 3. The second-order valence-corrected chi connectivity index (χ2v) is 8.32. The van der Waals surface area contributed by atoms with Gasteiger partial charge >= 0.3 is 6.03 Å². The van der Waals surface area contributed by atoms with Gasteiger partial charge in [0.1, 0.15) is 12.1 Å². The molecule has 0 spiro atoms. The van der Waals surface area contributed by atoms with Crippen LogP contribution in [0.1, 0.15) is 40.0 Å². The highest BCUT2D eigenvalue weighted by atomic mass is 32.2. The van der Waals surface area contributed by atoms with Gasteiger partial charge in [-0.25, -0.2) is 4.79 Å². The van der Waals surface area contributed by atoms with Gasteiger partial charge in [-0.1, -0.05) is 32.9 Å². The number of benzene rings is 1. The van der Waals surface area contributed by atoms with Crippen molar-refractivity contribution in [1.82, 2.24) is 10.2 Å². The van der Waals surface area contributed by atoms with Crippen LogP contribution in [0, 0.1) is 0 Å². The summed E-state index contributed by atoms with van der Waals surface area (Å²) in [5.41, 5.74) is -0.0190. The van der Waals surface area contributed by atoms with Crippen LogP contribution >= 0.6 is 11.8 Å². The molecular formula is C19H25N3O3S. The maximum Gasteiger partial charge on any atom is 0.325 e. The normalized spacial score (nSPS) is 22.0. The molecule has 0 radical (unpaired) electrons. The van der Waals surface area contributed by atoms with E-state index in [0.29, 0.717) is 24.6 Å². The van der Waals surface area contributed by atoms with E-state index in [-0.39, 0.29) is 18.4 Å². The summed E-state index contributed by atoms with van der Waals surface area (Å²) in [5.74, 6) is -0.523. The van der Waals surface area contributed by atoms with Gasteiger partial charge < -0.3 is 10.2 Å². The SMILES string of the molecule is CCC1(CC)NC(=O)N(CC(=O)N2CC[C@@H](C)Sc3ccccc32)C1=O. The Hall–Kier alpha value is -2.02. The fraction of sp³-hybridized carbons (Fsp3) is 0.526. The first-order chi connectivity index (χ1) is 12.4. The van der Waals surface area contributed by atoms with E-state index in [4.69, 9.17) is 0 Å². The third-order valence-electron chi connectivity index (χ3n) is 5.29. The van der Waals surface area contributed by atoms with Crippen LogP contribution in [0.5, 0.6) is 0 Å². The largest absolute Gasteiger partial charge is 0.325 e. The van der Waals surface area contributed by atoms with Crippen LogP contribution < -0.4 is 10.2 Å². The number of hydrogen-bond donors (Lipinski definition) is 1. The topological polar surface area (TPSA) is 69.7 Å². The van der Waals surface area contributed by atoms with E-state index in [1.165, 1.54) is 0 Å². The molecule has 4 amide bonds. The number of thioether (sulfide) groups is 1. The molecule has 26 heavy (non-hydrogen) atoms. The zero-order valence-electron chi connectivity index (χ0n) is 15.4. The molecule has 2 heterocycles. The van der Waals surface area contributed by atoms with Crippen molar-refractivity contribution in [2.45, 2.75) is 55.7 Å². The van der Waals surface area contributed by atoms with E-state index in [9.17, 15) is 14.4 Å². The van der Waals surface area contributed by atoms with Crippen molar-refractivity contribution in [2.75, 3.05) is 18.0 Å². The lowest BCUT2D eigenvalue weighted by molar-refractivity contribution is -0.134. The van der Waals surface area contributed by atoms with Gasteiger partial charge in [0.15, 0.2) is 0 Å². The highest BCUT2D eigenvalue weighted by molar-refractivity contribution is 8.00. The summed E-state index contributed by atoms with van der Waals surface area (Å²) < 4.78 is 0. The highest BCUT2D eigenvalue weighted by Crippen LogP contribution is 2.37. The van der Waals surface area contributed by atoms with Gasteiger partial charge in [-0.05, 0) is 31.4 Å². The third kappa shape index (κ3) is 3.20. The highest BCUT2D eigenvalue weighted by Gasteiger charge is 2.49. The number of hydrogen-bond acceptors (Lipinski definition) is 4. The Kier molecular flexibility index (Phi) is 5.27. The molecule has 1 fully saturated rings. The number of nitrogens with one attached hydrogen (secondary N) is 1. The lowest BCUT2D eigenvalue weighted by Crippen LogP contribution is -2.47. The number of anilines is 1. The molecule has 0 aliphatic carbocycles. The third-order valence-corrected chi connectivity index (χ3v) is 6.53. The molecule has 1 saturated heterocycles. The smallest absolute Gasteiger partial charge is 0.323 e. The molecule has 1 N–H and O–H groups in total. The number of carbonyl (C=O) groups excluding carboxylic acids is 3. The fourth-order valence-electron chi connectivity index (χ4n) is 3.52. The molecule has 0 aromatic heterocycles. The Morgan fingerprint density at radius 3 is 2.62 bits per heavy atom. The minimum absolute atomic E-state index is 0.222. The van der Waals surface area contributed by atoms with E-state index < -0.39 is 11.6 Å². The van der Waals surface area contributed by atoms with Crippen LogP contribution in [0.15, 0.2) is 29.2 Å². The summed E-state index contributed by atoms with van der Waals surface area (Å²) in [4.78, 5) is 41.9. The minimum atomic E-state index is -0.877. The second-order valence-electron chi connectivity index (χ2n) is 6.84. The van der Waals surface area contributed by atoms with Gasteiger partial charge in [0.2, 0.25) is 5.91 Å². The molecule has 0 saturated carbocycles. The molecule has 7 heteroatoms. The number of rotatable bonds is 4. The maximum atomic E-state index is 13.0. The zero-order chi connectivity index (χ0) is 18.9. The Bertz CT molecular complexity index is 732. The number of nitrogens with zero attached hydrogens (tertiary/aromatic N) is 2. The van der Waals surface area contributed by atoms with Crippen molar-refractivity contribution in [3.05, 3.63) is 24.3 Å². The van der Waals surface area contributed by atoms with Crippen LogP contribution in [0.25, 0.3) is 0 Å². The molecular weight excluding hydrogens is 350 g/mol. The standard InChI is InChI=1S/C19H25N3O3S/c1-4-19(5-2)17(24)22(18(25)20-19)12-16(23)21-11-10-13(3)26-15-9-7-6-8-14(15)21/h6-9,13H,4-5,10-12H2,1-3H3,(H,20,25)/t13-/m1/s1. The quantitative estimate of drug-likeness (QED) is 0.822. The van der Waals surface area contributed by atoms with Crippen molar-refractivity contribution >= 4 is 35.3 Å². The average molecular weight is 375 g/mol. The number of amides is 4. The molecule has 3 rings (SSSR count). The molecule has 1 aromatic carbocycles. The van der Waals surface area contributed by atoms with Crippen LogP contribution in [0.3, 0.4) is 0 Å². The van der Waals surface area contributed by atoms with Gasteiger partial charge in [-0.3, -0.25) is 14.5 Å². The summed E-state index contributed by atoms with van der Waals surface area (Å²) in [7, 11) is 0. The summed E-state index contributed by atoms with van der Waals surface area (Å²) in [6.07, 6.45) is 1.89. The van der Waals surface area contributed by atoms with Crippen LogP contribution in [0.2, 0.25) is 0 Å². The van der Waals surface area contributed by atoms with Gasteiger partial charge in [0.05, 0.1) is 5.69 Å². The van der Waals surface area contributed by atoms with Crippen LogP contribution in [-0.4, -0.2) is 46.6 Å². The van der Waals surface area contributed by atoms with Crippen molar-refractivity contribution in [3.8, 4) is 0 Å². The number of fused-ring (bicyclic) bond motifs is 1. The first-order valence-corrected chi connectivity index (χ1v) is 10.00. The fourth-order valence-corrected chi connectivity index (χ4v) is 4.63. The first-order valence-electron chi connectivity index (χ1n) is 9.12. The van der Waals surface area contributed by atoms with E-state index in [1.54, 1.807) is 16.7 Å². The molecule has 2 aliphatic heterocycles. The Balaban J connectivity index is 1.82. The minimum Gasteiger partial charge on any atom is -0.323 e. The molecule has 2 aliphatic rings. The van der Waals surface area contributed by atoms with Crippen LogP contribution in [-0.2, 0) is 9.59 Å². The number of urea groups is 1. The monoisotopic (exact) mass is 375 g/mol. The van der Waals surface area contributed by atoms with Crippen LogP contribution in [0.4, 0.5) is 10.5 Å². The Morgan fingerprint density at radius 1 is 1.27 bits per heavy atom. The Labute approximate surface area is 158 Å². The van der Waals surface area contributed by atoms with E-state index in [0.717, 1.165) is 21.9 Å². The molecule has 0 bridgehead atoms. The van der Waals surface area contributed by atoms with Crippen molar-refractivity contribution in [2.24, 2.45) is 0 Å². The maximum absolute atomic E-state index is 13.0. The van der Waals surface area contributed by atoms with Gasteiger partial charge in [0.25, 0.3) is 5.91 Å². The first kappa shape index (κ1) is 18.8. The Morgan fingerprint density at radius 2 is 1.96 bits per heavy atom. The molecule has 140 valence electrons. The van der Waals surface area contributed by atoms with Crippen molar-refractivity contribution in [1.29, 1.82) is 0 Å². The van der Waals surface area contributed by atoms with E-state index >= 15 is 0 Å². The number of para-hydroxylation sites is 1. The summed E-state index contributed by atoms with van der Waals surface area (Å²) in [5, 5.41) is 3.18. The summed E-state index contributed by atoms with van der Waals surface area (Å²) in [6.45, 7) is 6.25. The zero-order valence-corrected chi connectivity index (χ0v) is 16.3. The lowest BCUT2D eigenvalue weighted by atomic mass is 9.93. The molecule has 0 unspecified atom stereocenters. The van der Waals surface area contributed by atoms with Crippen molar-refractivity contribution in [3.63, 3.8) is 0 Å². The van der Waals surface area contributed by atoms with Crippen molar-refractivity contribution < 1.29 is 14.4 Å². The van der Waals surface area contributed by atoms with Gasteiger partial charge in [-0.15, -0.1) is 11.8 Å². The predicted octanol–water partition coefficient (Wildman–Crippen LogP) is 3.01. The molecule has 1 atom stereocenters. The second kappa shape index (κ2) is 7.31. The van der Waals surface area contributed by atoms with E-state index in [1.807, 2.05) is 38.1 Å². The molecule has 1 aromatic rings. The van der Waals surface area contributed by atoms with Gasteiger partial charge in [0, 0.05) is 16.7 Å². The summed E-state index contributed by atoms with van der Waals surface area (Å²) in [6, 6.07) is 7.32. The summed E-state index contributed by atoms with van der Waals surface area (Å²) >= 11 is 1.75. The predicted molar refractivity (Wildman–Crippen MR) is 102 cm³/mol. The average Bonchev–Trinajstić information content (AvgIpc) is 2.77. The lowest BCUT2D eigenvalue weighted by Gasteiger charge is -2.25. The van der Waals surface area contributed by atoms with E-state index in [2.05, 4.69) is 12.2 Å².